The minimum Gasteiger partial charge on any atom is -0.340 e. The van der Waals surface area contributed by atoms with Crippen molar-refractivity contribution in [2.75, 3.05) is 0 Å². The molecule has 1 saturated carbocycles. The predicted molar refractivity (Wildman–Crippen MR) is 78.4 cm³/mol. The Morgan fingerprint density at radius 1 is 1.13 bits per heavy atom. The van der Waals surface area contributed by atoms with Gasteiger partial charge in [-0.05, 0) is 12.8 Å². The van der Waals surface area contributed by atoms with Crippen LogP contribution in [0.5, 0.6) is 0 Å². The first-order valence-corrected chi connectivity index (χ1v) is 7.84. The van der Waals surface area contributed by atoms with Gasteiger partial charge in [0.1, 0.15) is 0 Å². The number of nitrogens with zero attached hydrogens (tertiary/aromatic N) is 4. The van der Waals surface area contributed by atoms with Crippen LogP contribution in [-0.4, -0.2) is 32.4 Å². The van der Waals surface area contributed by atoms with E-state index in [9.17, 15) is 4.79 Å². The zero-order chi connectivity index (χ0) is 16.1. The lowest BCUT2D eigenvalue weighted by atomic mass is 9.96. The molecule has 124 valence electrons. The molecule has 2 aromatic heterocycles. The number of hydrogen-bond donors (Lipinski definition) is 2. The van der Waals surface area contributed by atoms with Crippen molar-refractivity contribution in [3.63, 3.8) is 0 Å². The fourth-order valence-corrected chi connectivity index (χ4v) is 2.63. The van der Waals surface area contributed by atoms with E-state index in [-0.39, 0.29) is 18.6 Å². The molecule has 1 aliphatic rings. The highest BCUT2D eigenvalue weighted by Gasteiger charge is 2.16. The van der Waals surface area contributed by atoms with Gasteiger partial charge in [0.05, 0.1) is 13.0 Å². The van der Waals surface area contributed by atoms with Crippen molar-refractivity contribution in [3.05, 3.63) is 23.4 Å². The molecule has 0 spiro atoms. The average molecular weight is 320 g/mol. The second kappa shape index (κ2) is 7.21. The fraction of sp³-hybridized carbons (Fsp3) is 0.643. The van der Waals surface area contributed by atoms with E-state index in [1.165, 1.54) is 19.3 Å². The van der Waals surface area contributed by atoms with Crippen LogP contribution < -0.4 is 10.6 Å². The summed E-state index contributed by atoms with van der Waals surface area (Å²) in [7, 11) is 0. The van der Waals surface area contributed by atoms with Crippen LogP contribution >= 0.6 is 0 Å². The first-order valence-electron chi connectivity index (χ1n) is 7.84. The molecule has 3 rings (SSSR count). The van der Waals surface area contributed by atoms with Gasteiger partial charge in [-0.25, -0.2) is 4.79 Å². The van der Waals surface area contributed by atoms with Gasteiger partial charge >= 0.3 is 6.03 Å². The van der Waals surface area contributed by atoms with Gasteiger partial charge in [-0.2, -0.15) is 9.97 Å². The molecule has 0 aromatic carbocycles. The van der Waals surface area contributed by atoms with Gasteiger partial charge in [-0.1, -0.05) is 29.6 Å². The van der Waals surface area contributed by atoms with E-state index in [0.717, 1.165) is 12.8 Å². The third-order valence-electron chi connectivity index (χ3n) is 3.74. The molecule has 0 atom stereocenters. The first kappa shape index (κ1) is 15.4. The third kappa shape index (κ3) is 4.51. The van der Waals surface area contributed by atoms with Crippen molar-refractivity contribution in [3.8, 4) is 0 Å². The SMILES string of the molecule is Cc1nc(Cc2noc(CNC(=O)NC3CCCCC3)n2)no1. The van der Waals surface area contributed by atoms with Crippen molar-refractivity contribution in [2.45, 2.75) is 58.0 Å². The number of carbonyl (C=O) groups excluding carboxylic acids is 1. The fourth-order valence-electron chi connectivity index (χ4n) is 2.63. The van der Waals surface area contributed by atoms with Gasteiger partial charge in [0, 0.05) is 13.0 Å². The van der Waals surface area contributed by atoms with Gasteiger partial charge < -0.3 is 19.7 Å². The molecule has 0 bridgehead atoms. The Morgan fingerprint density at radius 2 is 1.87 bits per heavy atom. The van der Waals surface area contributed by atoms with Crippen LogP contribution in [0.4, 0.5) is 4.79 Å². The molecule has 1 fully saturated rings. The summed E-state index contributed by atoms with van der Waals surface area (Å²) in [4.78, 5) is 20.1. The maximum atomic E-state index is 11.8. The van der Waals surface area contributed by atoms with Crippen molar-refractivity contribution in [1.29, 1.82) is 0 Å². The van der Waals surface area contributed by atoms with E-state index in [0.29, 0.717) is 29.9 Å². The Labute approximate surface area is 133 Å². The van der Waals surface area contributed by atoms with Crippen LogP contribution in [0.1, 0.15) is 55.5 Å². The van der Waals surface area contributed by atoms with Crippen molar-refractivity contribution < 1.29 is 13.8 Å². The van der Waals surface area contributed by atoms with Gasteiger partial charge in [0.2, 0.25) is 11.8 Å². The quantitative estimate of drug-likeness (QED) is 0.856. The molecular weight excluding hydrogens is 300 g/mol. The lowest BCUT2D eigenvalue weighted by Crippen LogP contribution is -2.42. The topological polar surface area (TPSA) is 119 Å². The summed E-state index contributed by atoms with van der Waals surface area (Å²) in [5, 5.41) is 13.3. The highest BCUT2D eigenvalue weighted by atomic mass is 16.5. The maximum absolute atomic E-state index is 11.8. The second-order valence-corrected chi connectivity index (χ2v) is 5.67. The number of amides is 2. The molecule has 9 heteroatoms. The number of hydrogen-bond acceptors (Lipinski definition) is 7. The molecular formula is C14H20N6O3. The first-order chi connectivity index (χ1) is 11.2. The molecule has 0 aliphatic heterocycles. The van der Waals surface area contributed by atoms with E-state index in [4.69, 9.17) is 9.05 Å². The maximum Gasteiger partial charge on any atom is 0.315 e. The summed E-state index contributed by atoms with van der Waals surface area (Å²) >= 11 is 0. The van der Waals surface area contributed by atoms with E-state index < -0.39 is 0 Å². The lowest BCUT2D eigenvalue weighted by Gasteiger charge is -2.22. The molecule has 0 unspecified atom stereocenters. The highest BCUT2D eigenvalue weighted by Crippen LogP contribution is 2.17. The summed E-state index contributed by atoms with van der Waals surface area (Å²) < 4.78 is 9.98. The summed E-state index contributed by atoms with van der Waals surface area (Å²) in [5.74, 6) is 1.79. The Hall–Kier alpha value is -2.45. The second-order valence-electron chi connectivity index (χ2n) is 5.67. The minimum absolute atomic E-state index is 0.191. The predicted octanol–water partition coefficient (Wildman–Crippen LogP) is 1.48. The van der Waals surface area contributed by atoms with Gasteiger partial charge in [-0.15, -0.1) is 0 Å². The number of carbonyl (C=O) groups is 1. The number of aromatic nitrogens is 4. The number of nitrogens with one attached hydrogen (secondary N) is 2. The van der Waals surface area contributed by atoms with Crippen molar-refractivity contribution >= 4 is 6.03 Å². The number of urea groups is 1. The van der Waals surface area contributed by atoms with E-state index in [1.807, 2.05) is 0 Å². The Bertz CT molecular complexity index is 646. The molecule has 2 aromatic rings. The highest BCUT2D eigenvalue weighted by molar-refractivity contribution is 5.74. The zero-order valence-corrected chi connectivity index (χ0v) is 13.0. The minimum atomic E-state index is -0.203. The normalized spacial score (nSPS) is 15.5. The van der Waals surface area contributed by atoms with E-state index in [2.05, 4.69) is 30.9 Å². The summed E-state index contributed by atoms with van der Waals surface area (Å²) in [6.45, 7) is 1.91. The van der Waals surface area contributed by atoms with Crippen LogP contribution in [0.15, 0.2) is 9.05 Å². The molecule has 2 heterocycles. The molecule has 0 radical (unpaired) electrons. The summed E-state index contributed by atoms with van der Waals surface area (Å²) in [5.41, 5.74) is 0. The average Bonchev–Trinajstić information content (AvgIpc) is 3.16. The summed E-state index contributed by atoms with van der Waals surface area (Å²) in [6, 6.07) is 0.0638. The van der Waals surface area contributed by atoms with Gasteiger partial charge in [0.25, 0.3) is 0 Å². The van der Waals surface area contributed by atoms with Crippen molar-refractivity contribution in [2.24, 2.45) is 0 Å². The Morgan fingerprint density at radius 3 is 2.61 bits per heavy atom. The monoisotopic (exact) mass is 320 g/mol. The van der Waals surface area contributed by atoms with Crippen LogP contribution in [0, 0.1) is 6.92 Å². The van der Waals surface area contributed by atoms with Gasteiger partial charge in [0.15, 0.2) is 11.6 Å². The van der Waals surface area contributed by atoms with E-state index in [1.54, 1.807) is 6.92 Å². The van der Waals surface area contributed by atoms with Gasteiger partial charge in [-0.3, -0.25) is 0 Å². The molecule has 9 nitrogen and oxygen atoms in total. The smallest absolute Gasteiger partial charge is 0.315 e. The van der Waals surface area contributed by atoms with Crippen molar-refractivity contribution in [1.82, 2.24) is 30.9 Å². The lowest BCUT2D eigenvalue weighted by molar-refractivity contribution is 0.230. The number of aryl methyl sites for hydroxylation is 1. The Kier molecular flexibility index (Phi) is 4.84. The number of rotatable bonds is 5. The molecule has 2 amide bonds. The van der Waals surface area contributed by atoms with Crippen LogP contribution in [0.3, 0.4) is 0 Å². The summed E-state index contributed by atoms with van der Waals surface area (Å²) in [6.07, 6.45) is 6.02. The van der Waals surface area contributed by atoms with E-state index >= 15 is 0 Å². The standard InChI is InChI=1S/C14H20N6O3/c1-9-16-11(19-22-9)7-12-18-13(23-20-12)8-15-14(21)17-10-5-3-2-4-6-10/h10H,2-8H2,1H3,(H2,15,17,21). The molecule has 0 saturated heterocycles. The zero-order valence-electron chi connectivity index (χ0n) is 13.0. The molecule has 2 N–H and O–H groups in total. The third-order valence-corrected chi connectivity index (χ3v) is 3.74. The molecule has 1 aliphatic carbocycles. The Balaban J connectivity index is 1.44. The van der Waals surface area contributed by atoms with Crippen LogP contribution in [0.2, 0.25) is 0 Å². The van der Waals surface area contributed by atoms with Crippen LogP contribution in [-0.2, 0) is 13.0 Å². The van der Waals surface area contributed by atoms with Crippen LogP contribution in [0.25, 0.3) is 0 Å². The largest absolute Gasteiger partial charge is 0.340 e. The molecule has 23 heavy (non-hydrogen) atoms.